The number of amides is 1. The smallest absolute Gasteiger partial charge is 0.257 e. The summed E-state index contributed by atoms with van der Waals surface area (Å²) in [6.07, 6.45) is 0.665. The molecule has 0 radical (unpaired) electrons. The number of carbonyl (C=O) groups is 2. The van der Waals surface area contributed by atoms with Crippen molar-refractivity contribution >= 4 is 12.2 Å². The van der Waals surface area contributed by atoms with Gasteiger partial charge in [-0.25, -0.2) is 0 Å². The quantitative estimate of drug-likeness (QED) is 0.744. The molecule has 0 aliphatic rings. The van der Waals surface area contributed by atoms with Crippen LogP contribution in [-0.2, 0) is 4.79 Å². The summed E-state index contributed by atoms with van der Waals surface area (Å²) < 4.78 is 10.2. The Labute approximate surface area is 93.4 Å². The Bertz CT molecular complexity index is 390. The van der Waals surface area contributed by atoms with E-state index in [1.165, 1.54) is 14.2 Å². The average Bonchev–Trinajstić information content (AvgIpc) is 2.35. The minimum atomic E-state index is -0.264. The summed E-state index contributed by atoms with van der Waals surface area (Å²) in [5, 5.41) is 2.42. The van der Waals surface area contributed by atoms with Crippen LogP contribution in [0.4, 0.5) is 0 Å². The summed E-state index contributed by atoms with van der Waals surface area (Å²) in [6, 6.07) is 4.79. The van der Waals surface area contributed by atoms with Crippen LogP contribution < -0.4 is 14.8 Å². The molecule has 0 aliphatic carbocycles. The topological polar surface area (TPSA) is 64.6 Å². The van der Waals surface area contributed by atoms with Crippen molar-refractivity contribution in [2.45, 2.75) is 0 Å². The van der Waals surface area contributed by atoms with Crippen LogP contribution in [0.25, 0.3) is 0 Å². The van der Waals surface area contributed by atoms with Gasteiger partial charge in [-0.05, 0) is 12.1 Å². The maximum atomic E-state index is 11.0. The van der Waals surface area contributed by atoms with E-state index in [1.807, 2.05) is 0 Å². The summed E-state index contributed by atoms with van der Waals surface area (Å²) in [6.45, 7) is -0.134. The largest absolute Gasteiger partial charge is 0.497 e. The minimum Gasteiger partial charge on any atom is -0.497 e. The Morgan fingerprint density at radius 2 is 2.25 bits per heavy atom. The van der Waals surface area contributed by atoms with Gasteiger partial charge in [0, 0.05) is 13.1 Å². The Kier molecular flexibility index (Phi) is 4.32. The monoisotopic (exact) mass is 223 g/mol. The number of ether oxygens (including phenoxy) is 2. The van der Waals surface area contributed by atoms with E-state index < -0.39 is 0 Å². The third-order valence-corrected chi connectivity index (χ3v) is 1.99. The fourth-order valence-electron chi connectivity index (χ4n) is 1.08. The molecule has 0 saturated heterocycles. The average molecular weight is 223 g/mol. The molecule has 5 heteroatoms. The van der Waals surface area contributed by atoms with Crippen molar-refractivity contribution in [1.29, 1.82) is 0 Å². The molecule has 86 valence electrons. The lowest BCUT2D eigenvalue weighted by Crippen LogP contribution is -2.25. The number of hydrogen-bond donors (Lipinski definition) is 1. The molecule has 1 aromatic carbocycles. The molecule has 1 amide bonds. The van der Waals surface area contributed by atoms with Gasteiger partial charge >= 0.3 is 0 Å². The van der Waals surface area contributed by atoms with Crippen LogP contribution in [0, 0.1) is 0 Å². The molecule has 0 heterocycles. The van der Waals surface area contributed by atoms with Gasteiger partial charge in [0.05, 0.1) is 12.7 Å². The zero-order valence-electron chi connectivity index (χ0n) is 9.15. The van der Waals surface area contributed by atoms with Gasteiger partial charge in [0.25, 0.3) is 5.91 Å². The summed E-state index contributed by atoms with van der Waals surface area (Å²) >= 11 is 0. The van der Waals surface area contributed by atoms with Gasteiger partial charge < -0.3 is 14.8 Å². The zero-order chi connectivity index (χ0) is 12.0. The first-order valence-corrected chi connectivity index (χ1v) is 4.68. The molecule has 0 bridgehead atoms. The maximum Gasteiger partial charge on any atom is 0.257 e. The van der Waals surface area contributed by atoms with Crippen molar-refractivity contribution in [3.8, 4) is 11.5 Å². The fourth-order valence-corrected chi connectivity index (χ4v) is 1.08. The Balaban J connectivity index is 2.82. The van der Waals surface area contributed by atoms with Crippen molar-refractivity contribution < 1.29 is 19.1 Å². The van der Waals surface area contributed by atoms with Crippen molar-refractivity contribution in [1.82, 2.24) is 5.32 Å². The first kappa shape index (κ1) is 12.0. The van der Waals surface area contributed by atoms with Gasteiger partial charge in [-0.2, -0.15) is 0 Å². The summed E-state index contributed by atoms with van der Waals surface area (Å²) in [7, 11) is 3.02. The first-order valence-electron chi connectivity index (χ1n) is 4.68. The van der Waals surface area contributed by atoms with Crippen molar-refractivity contribution in [3.63, 3.8) is 0 Å². The van der Waals surface area contributed by atoms with E-state index in [-0.39, 0.29) is 12.5 Å². The van der Waals surface area contributed by atoms with E-state index in [4.69, 9.17) is 9.47 Å². The highest BCUT2D eigenvalue weighted by molar-refractivity contribution is 5.81. The maximum absolute atomic E-state index is 11.0. The van der Waals surface area contributed by atoms with Gasteiger partial charge in [-0.1, -0.05) is 0 Å². The number of hydrogen-bond acceptors (Lipinski definition) is 4. The van der Waals surface area contributed by atoms with E-state index in [0.717, 1.165) is 0 Å². The first-order chi connectivity index (χ1) is 7.71. The number of nitrogens with one attached hydrogen (secondary N) is 1. The minimum absolute atomic E-state index is 0.134. The third-order valence-electron chi connectivity index (χ3n) is 1.99. The van der Waals surface area contributed by atoms with Gasteiger partial charge in [-0.3, -0.25) is 9.59 Å². The van der Waals surface area contributed by atoms with E-state index in [1.54, 1.807) is 18.2 Å². The zero-order valence-corrected chi connectivity index (χ0v) is 9.15. The van der Waals surface area contributed by atoms with Gasteiger partial charge in [0.15, 0.2) is 12.9 Å². The number of benzene rings is 1. The van der Waals surface area contributed by atoms with Crippen LogP contribution >= 0.6 is 0 Å². The lowest BCUT2D eigenvalue weighted by Gasteiger charge is -2.09. The highest BCUT2D eigenvalue weighted by Crippen LogP contribution is 2.23. The summed E-state index contributed by atoms with van der Waals surface area (Å²) in [4.78, 5) is 21.7. The number of carbonyl (C=O) groups excluding carboxylic acids is 2. The fraction of sp³-hybridized carbons (Fsp3) is 0.273. The van der Waals surface area contributed by atoms with E-state index in [0.29, 0.717) is 23.3 Å². The number of aldehydes is 1. The van der Waals surface area contributed by atoms with Gasteiger partial charge in [-0.15, -0.1) is 0 Å². The predicted octanol–water partition coefficient (Wildman–Crippen LogP) is 0.632. The molecule has 0 aromatic heterocycles. The lowest BCUT2D eigenvalue weighted by atomic mass is 10.2. The molecule has 0 saturated carbocycles. The predicted molar refractivity (Wildman–Crippen MR) is 57.9 cm³/mol. The van der Waals surface area contributed by atoms with Crippen LogP contribution in [0.15, 0.2) is 18.2 Å². The highest BCUT2D eigenvalue weighted by Gasteiger charge is 2.07. The van der Waals surface area contributed by atoms with E-state index in [9.17, 15) is 9.59 Å². The summed E-state index contributed by atoms with van der Waals surface area (Å²) in [5.41, 5.74) is 0.379. The van der Waals surface area contributed by atoms with E-state index in [2.05, 4.69) is 5.32 Å². The van der Waals surface area contributed by atoms with Crippen LogP contribution in [0.3, 0.4) is 0 Å². The molecular weight excluding hydrogens is 210 g/mol. The molecule has 0 unspecified atom stereocenters. The highest BCUT2D eigenvalue weighted by atomic mass is 16.5. The second kappa shape index (κ2) is 5.75. The Morgan fingerprint density at radius 1 is 1.50 bits per heavy atom. The molecule has 0 aliphatic heterocycles. The molecule has 16 heavy (non-hydrogen) atoms. The second-order valence-corrected chi connectivity index (χ2v) is 2.98. The lowest BCUT2D eigenvalue weighted by molar-refractivity contribution is -0.122. The Morgan fingerprint density at radius 3 is 2.81 bits per heavy atom. The molecule has 0 atom stereocenters. The number of likely N-dealkylation sites (N-methyl/N-ethyl adjacent to an activating group) is 1. The number of methoxy groups -OCH3 is 1. The molecular formula is C11H13NO4. The Hall–Kier alpha value is -2.04. The molecule has 1 aromatic rings. The second-order valence-electron chi connectivity index (χ2n) is 2.98. The molecule has 1 N–H and O–H groups in total. The van der Waals surface area contributed by atoms with Crippen molar-refractivity contribution in [2.75, 3.05) is 20.8 Å². The third kappa shape index (κ3) is 2.98. The SMILES string of the molecule is CNC(=O)COc1cc(OC)ccc1C=O. The van der Waals surface area contributed by atoms with Crippen LogP contribution in [-0.4, -0.2) is 33.0 Å². The molecule has 5 nitrogen and oxygen atoms in total. The van der Waals surface area contributed by atoms with Crippen LogP contribution in [0.1, 0.15) is 10.4 Å². The molecule has 1 rings (SSSR count). The standard InChI is InChI=1S/C11H13NO4/c1-12-11(14)7-16-10-5-9(15-2)4-3-8(10)6-13/h3-6H,7H2,1-2H3,(H,12,14). The van der Waals surface area contributed by atoms with E-state index >= 15 is 0 Å². The molecule has 0 fully saturated rings. The van der Waals surface area contributed by atoms with Crippen molar-refractivity contribution in [2.24, 2.45) is 0 Å². The summed E-state index contributed by atoms with van der Waals surface area (Å²) in [5.74, 6) is 0.634. The van der Waals surface area contributed by atoms with Gasteiger partial charge in [0.1, 0.15) is 11.5 Å². The van der Waals surface area contributed by atoms with Crippen LogP contribution in [0.5, 0.6) is 11.5 Å². The van der Waals surface area contributed by atoms with Gasteiger partial charge in [0.2, 0.25) is 0 Å². The number of rotatable bonds is 5. The molecule has 0 spiro atoms. The normalized spacial score (nSPS) is 9.38. The van der Waals surface area contributed by atoms with Crippen LogP contribution in [0.2, 0.25) is 0 Å². The van der Waals surface area contributed by atoms with Crippen molar-refractivity contribution in [3.05, 3.63) is 23.8 Å².